The van der Waals surface area contributed by atoms with Crippen LogP contribution in [0.1, 0.15) is 5.69 Å². The molecule has 0 saturated carbocycles. The van der Waals surface area contributed by atoms with Crippen molar-refractivity contribution in [2.24, 2.45) is 0 Å². The molecule has 1 aromatic heterocycles. The van der Waals surface area contributed by atoms with E-state index < -0.39 is 0 Å². The third-order valence-corrected chi connectivity index (χ3v) is 0.813. The SMILES string of the molecule is Cc1ccccn1.[KH]. The van der Waals surface area contributed by atoms with Crippen LogP contribution in [-0.4, -0.2) is 56.4 Å². The molecule has 0 aliphatic rings. The Kier molecular flexibility index (Phi) is 5.10. The molecular weight excluding hydrogens is 125 g/mol. The van der Waals surface area contributed by atoms with E-state index in [1.165, 1.54) is 0 Å². The van der Waals surface area contributed by atoms with Gasteiger partial charge in [-0.3, -0.25) is 4.98 Å². The van der Waals surface area contributed by atoms with E-state index in [0.29, 0.717) is 0 Å². The van der Waals surface area contributed by atoms with Crippen LogP contribution in [0.15, 0.2) is 24.4 Å². The first kappa shape index (κ1) is 8.79. The molecule has 0 radical (unpaired) electrons. The zero-order valence-electron chi connectivity index (χ0n) is 4.26. The number of hydrogen-bond acceptors (Lipinski definition) is 1. The maximum absolute atomic E-state index is 3.98. The van der Waals surface area contributed by atoms with E-state index in [4.69, 9.17) is 0 Å². The molecule has 8 heavy (non-hydrogen) atoms. The number of hydrogen-bond donors (Lipinski definition) is 0. The van der Waals surface area contributed by atoms with Crippen LogP contribution in [0.5, 0.6) is 0 Å². The van der Waals surface area contributed by atoms with Crippen molar-refractivity contribution in [2.45, 2.75) is 6.92 Å². The second-order valence-corrected chi connectivity index (χ2v) is 1.47. The normalized spacial score (nSPS) is 7.62. The van der Waals surface area contributed by atoms with Crippen LogP contribution in [0.3, 0.4) is 0 Å². The van der Waals surface area contributed by atoms with Crippen LogP contribution in [0, 0.1) is 6.92 Å². The molecule has 0 aromatic carbocycles. The molecule has 0 saturated heterocycles. The fraction of sp³-hybridized carbons (Fsp3) is 0.167. The van der Waals surface area contributed by atoms with Gasteiger partial charge in [0.2, 0.25) is 0 Å². The number of nitrogens with zero attached hydrogens (tertiary/aromatic N) is 1. The molecular formula is C6H8KN. The molecule has 0 spiro atoms. The Bertz CT molecular complexity index is 138. The summed E-state index contributed by atoms with van der Waals surface area (Å²) in [6.45, 7) is 1.97. The topological polar surface area (TPSA) is 12.9 Å². The Labute approximate surface area is 91.9 Å². The van der Waals surface area contributed by atoms with E-state index in [9.17, 15) is 0 Å². The second kappa shape index (κ2) is 4.65. The van der Waals surface area contributed by atoms with Crippen LogP contribution in [-0.2, 0) is 0 Å². The minimum absolute atomic E-state index is 0. The minimum atomic E-state index is 0. The van der Waals surface area contributed by atoms with Crippen molar-refractivity contribution in [3.05, 3.63) is 30.1 Å². The summed E-state index contributed by atoms with van der Waals surface area (Å²) < 4.78 is 0. The van der Waals surface area contributed by atoms with Gasteiger partial charge >= 0.3 is 51.4 Å². The van der Waals surface area contributed by atoms with Gasteiger partial charge in [0, 0.05) is 11.9 Å². The molecule has 0 unspecified atom stereocenters. The molecule has 0 fully saturated rings. The summed E-state index contributed by atoms with van der Waals surface area (Å²) in [5.41, 5.74) is 1.07. The summed E-state index contributed by atoms with van der Waals surface area (Å²) in [5.74, 6) is 0. The van der Waals surface area contributed by atoms with Crippen molar-refractivity contribution < 1.29 is 0 Å². The van der Waals surface area contributed by atoms with Gasteiger partial charge in [0.05, 0.1) is 0 Å². The van der Waals surface area contributed by atoms with Crippen molar-refractivity contribution in [1.82, 2.24) is 4.98 Å². The van der Waals surface area contributed by atoms with Crippen LogP contribution in [0.4, 0.5) is 0 Å². The summed E-state index contributed by atoms with van der Waals surface area (Å²) >= 11 is 0. The van der Waals surface area contributed by atoms with Gasteiger partial charge in [-0.2, -0.15) is 0 Å². The van der Waals surface area contributed by atoms with E-state index in [1.54, 1.807) is 6.20 Å². The second-order valence-electron chi connectivity index (χ2n) is 1.47. The van der Waals surface area contributed by atoms with Crippen LogP contribution >= 0.6 is 0 Å². The summed E-state index contributed by atoms with van der Waals surface area (Å²) in [7, 11) is 0. The Morgan fingerprint density at radius 2 is 2.12 bits per heavy atom. The quantitative estimate of drug-likeness (QED) is 0.476. The monoisotopic (exact) mass is 133 g/mol. The number of rotatable bonds is 0. The molecule has 2 heteroatoms. The van der Waals surface area contributed by atoms with E-state index in [1.807, 2.05) is 25.1 Å². The van der Waals surface area contributed by atoms with Gasteiger partial charge in [-0.15, -0.1) is 0 Å². The van der Waals surface area contributed by atoms with Crippen molar-refractivity contribution >= 4 is 51.4 Å². The summed E-state index contributed by atoms with van der Waals surface area (Å²) in [6.07, 6.45) is 1.79. The molecule has 0 N–H and O–H groups in total. The Balaban J connectivity index is 0.000000490. The Morgan fingerprint density at radius 3 is 2.38 bits per heavy atom. The fourth-order valence-electron chi connectivity index (χ4n) is 0.448. The van der Waals surface area contributed by atoms with Gasteiger partial charge in [0.1, 0.15) is 0 Å². The van der Waals surface area contributed by atoms with Gasteiger partial charge in [0.15, 0.2) is 0 Å². The Hall–Kier alpha value is 0.786. The third-order valence-electron chi connectivity index (χ3n) is 0.813. The van der Waals surface area contributed by atoms with Gasteiger partial charge in [-0.1, -0.05) is 6.07 Å². The predicted octanol–water partition coefficient (Wildman–Crippen LogP) is 0.742. The molecule has 0 amide bonds. The average Bonchev–Trinajstić information content (AvgIpc) is 1.69. The van der Waals surface area contributed by atoms with Gasteiger partial charge < -0.3 is 0 Å². The van der Waals surface area contributed by atoms with E-state index in [2.05, 4.69) is 4.98 Å². The summed E-state index contributed by atoms with van der Waals surface area (Å²) in [4.78, 5) is 3.98. The van der Waals surface area contributed by atoms with Crippen LogP contribution in [0.25, 0.3) is 0 Å². The molecule has 38 valence electrons. The molecule has 0 bridgehead atoms. The molecule has 1 rings (SSSR count). The first-order chi connectivity index (χ1) is 3.39. The first-order valence-electron chi connectivity index (χ1n) is 2.27. The van der Waals surface area contributed by atoms with Crippen molar-refractivity contribution in [3.8, 4) is 0 Å². The standard InChI is InChI=1S/C6H7N.K.H/c1-6-4-2-3-5-7-6;;/h2-5H,1H3;;. The van der Waals surface area contributed by atoms with Gasteiger partial charge in [-0.05, 0) is 19.1 Å². The van der Waals surface area contributed by atoms with Crippen molar-refractivity contribution in [3.63, 3.8) is 0 Å². The van der Waals surface area contributed by atoms with Crippen molar-refractivity contribution in [1.29, 1.82) is 0 Å². The molecule has 0 atom stereocenters. The van der Waals surface area contributed by atoms with Gasteiger partial charge in [-0.25, -0.2) is 0 Å². The predicted molar refractivity (Wildman–Crippen MR) is 36.1 cm³/mol. The molecule has 1 heterocycles. The summed E-state index contributed by atoms with van der Waals surface area (Å²) in [5, 5.41) is 0. The average molecular weight is 133 g/mol. The molecule has 1 nitrogen and oxygen atoms in total. The number of pyridine rings is 1. The maximum atomic E-state index is 3.98. The van der Waals surface area contributed by atoms with Crippen LogP contribution in [0.2, 0.25) is 0 Å². The van der Waals surface area contributed by atoms with Crippen molar-refractivity contribution in [2.75, 3.05) is 0 Å². The first-order valence-corrected chi connectivity index (χ1v) is 2.27. The molecule has 0 aliphatic carbocycles. The molecule has 1 aromatic rings. The van der Waals surface area contributed by atoms with Crippen LogP contribution < -0.4 is 0 Å². The third kappa shape index (κ3) is 2.94. The zero-order chi connectivity index (χ0) is 5.11. The number of aromatic nitrogens is 1. The van der Waals surface area contributed by atoms with Gasteiger partial charge in [0.25, 0.3) is 0 Å². The Morgan fingerprint density at radius 1 is 1.38 bits per heavy atom. The summed E-state index contributed by atoms with van der Waals surface area (Å²) in [6, 6.07) is 5.86. The number of aryl methyl sites for hydroxylation is 1. The zero-order valence-corrected chi connectivity index (χ0v) is 4.26. The van der Waals surface area contributed by atoms with E-state index in [-0.39, 0.29) is 51.4 Å². The van der Waals surface area contributed by atoms with E-state index >= 15 is 0 Å². The fourth-order valence-corrected chi connectivity index (χ4v) is 0.448. The van der Waals surface area contributed by atoms with E-state index in [0.717, 1.165) is 5.69 Å². The molecule has 0 aliphatic heterocycles.